The van der Waals surface area contributed by atoms with Crippen LogP contribution in [-0.4, -0.2) is 33.1 Å². The van der Waals surface area contributed by atoms with Gasteiger partial charge in [0.25, 0.3) is 5.88 Å². The second kappa shape index (κ2) is 4.30. The maximum absolute atomic E-state index is 13.3. The Bertz CT molecular complexity index is 665. The standard InChI is InChI=1S/C11H11FN6O/c1-18-5-7(10(17-18)19-2)14-9-8-6(3-4-13-8)15-11(12)16-9/h4-5H,3H2,1-2H3,(H,14,15,16). The normalized spacial score (nSPS) is 12.6. The third-order valence-electron chi connectivity index (χ3n) is 2.68. The van der Waals surface area contributed by atoms with E-state index in [2.05, 4.69) is 25.4 Å². The second-order valence-corrected chi connectivity index (χ2v) is 4.00. The Labute approximate surface area is 108 Å². The molecule has 19 heavy (non-hydrogen) atoms. The number of fused-ring (bicyclic) bond motifs is 1. The molecule has 0 aliphatic carbocycles. The summed E-state index contributed by atoms with van der Waals surface area (Å²) in [6, 6.07) is 0. The van der Waals surface area contributed by atoms with Crippen molar-refractivity contribution in [3.05, 3.63) is 18.0 Å². The van der Waals surface area contributed by atoms with Crippen LogP contribution >= 0.6 is 0 Å². The fourth-order valence-corrected chi connectivity index (χ4v) is 1.89. The molecule has 2 aromatic rings. The van der Waals surface area contributed by atoms with Gasteiger partial charge in [0.1, 0.15) is 11.4 Å². The van der Waals surface area contributed by atoms with Gasteiger partial charge in [-0.3, -0.25) is 9.67 Å². The molecule has 0 spiro atoms. The minimum Gasteiger partial charge on any atom is -0.478 e. The molecule has 98 valence electrons. The maximum Gasteiger partial charge on any atom is 0.310 e. The maximum atomic E-state index is 13.3. The summed E-state index contributed by atoms with van der Waals surface area (Å²) in [7, 11) is 3.27. The van der Waals surface area contributed by atoms with Gasteiger partial charge in [-0.2, -0.15) is 9.37 Å². The minimum absolute atomic E-state index is 0.308. The molecule has 0 aromatic carbocycles. The highest BCUT2D eigenvalue weighted by atomic mass is 19.1. The van der Waals surface area contributed by atoms with Crippen LogP contribution in [0.15, 0.2) is 11.2 Å². The lowest BCUT2D eigenvalue weighted by Gasteiger charge is -2.07. The molecule has 0 unspecified atom stereocenters. The summed E-state index contributed by atoms with van der Waals surface area (Å²) < 4.78 is 20.0. The van der Waals surface area contributed by atoms with E-state index in [1.807, 2.05) is 0 Å². The average Bonchev–Trinajstić information content (AvgIpc) is 2.95. The van der Waals surface area contributed by atoms with E-state index in [0.29, 0.717) is 35.2 Å². The predicted octanol–water partition coefficient (Wildman–Crippen LogP) is 1.36. The summed E-state index contributed by atoms with van der Waals surface area (Å²) in [6.45, 7) is 0. The molecule has 0 atom stereocenters. The average molecular weight is 262 g/mol. The Morgan fingerprint density at radius 1 is 1.42 bits per heavy atom. The van der Waals surface area contributed by atoms with E-state index in [0.717, 1.165) is 0 Å². The number of methoxy groups -OCH3 is 1. The van der Waals surface area contributed by atoms with E-state index in [1.54, 1.807) is 24.1 Å². The number of nitrogens with one attached hydrogen (secondary N) is 1. The van der Waals surface area contributed by atoms with Crippen molar-refractivity contribution >= 4 is 23.4 Å². The van der Waals surface area contributed by atoms with E-state index >= 15 is 0 Å². The van der Waals surface area contributed by atoms with Crippen LogP contribution in [0.5, 0.6) is 5.88 Å². The fraction of sp³-hybridized carbons (Fsp3) is 0.273. The molecular weight excluding hydrogens is 251 g/mol. The van der Waals surface area contributed by atoms with E-state index in [-0.39, 0.29) is 0 Å². The van der Waals surface area contributed by atoms with Crippen LogP contribution in [-0.2, 0) is 13.5 Å². The van der Waals surface area contributed by atoms with E-state index in [4.69, 9.17) is 4.74 Å². The van der Waals surface area contributed by atoms with Gasteiger partial charge in [-0.25, -0.2) is 4.98 Å². The van der Waals surface area contributed by atoms with Crippen molar-refractivity contribution in [2.75, 3.05) is 12.4 Å². The van der Waals surface area contributed by atoms with Gasteiger partial charge in [-0.1, -0.05) is 0 Å². The zero-order chi connectivity index (χ0) is 13.4. The number of anilines is 2. The number of aliphatic imine (C=N–C) groups is 1. The van der Waals surface area contributed by atoms with E-state index in [1.165, 1.54) is 7.11 Å². The van der Waals surface area contributed by atoms with Crippen LogP contribution in [0, 0.1) is 6.08 Å². The number of hydrogen-bond donors (Lipinski definition) is 1. The lowest BCUT2D eigenvalue weighted by atomic mass is 10.3. The predicted molar refractivity (Wildman–Crippen MR) is 66.9 cm³/mol. The van der Waals surface area contributed by atoms with Gasteiger partial charge in [0.2, 0.25) is 0 Å². The Balaban J connectivity index is 2.01. The number of aryl methyl sites for hydroxylation is 1. The van der Waals surface area contributed by atoms with Crippen LogP contribution in [0.2, 0.25) is 0 Å². The summed E-state index contributed by atoms with van der Waals surface area (Å²) >= 11 is 0. The first-order valence-corrected chi connectivity index (χ1v) is 5.61. The molecule has 7 nitrogen and oxygen atoms in total. The zero-order valence-corrected chi connectivity index (χ0v) is 10.4. The summed E-state index contributed by atoms with van der Waals surface area (Å²) in [5.41, 5.74) is 1.71. The Morgan fingerprint density at radius 2 is 2.26 bits per heavy atom. The molecule has 2 aromatic heterocycles. The molecule has 0 bridgehead atoms. The quantitative estimate of drug-likeness (QED) is 0.845. The largest absolute Gasteiger partial charge is 0.478 e. The van der Waals surface area contributed by atoms with Crippen molar-refractivity contribution < 1.29 is 9.13 Å². The van der Waals surface area contributed by atoms with Crippen molar-refractivity contribution in [2.24, 2.45) is 12.0 Å². The third-order valence-corrected chi connectivity index (χ3v) is 2.68. The van der Waals surface area contributed by atoms with E-state index < -0.39 is 6.08 Å². The summed E-state index contributed by atoms with van der Waals surface area (Å²) in [4.78, 5) is 11.6. The number of aromatic nitrogens is 4. The Morgan fingerprint density at radius 3 is 3.05 bits per heavy atom. The Hall–Kier alpha value is -2.51. The van der Waals surface area contributed by atoms with Gasteiger partial charge < -0.3 is 10.1 Å². The molecule has 3 heterocycles. The van der Waals surface area contributed by atoms with Gasteiger partial charge in [-0.15, -0.1) is 5.10 Å². The van der Waals surface area contributed by atoms with Gasteiger partial charge in [-0.05, 0) is 0 Å². The lowest BCUT2D eigenvalue weighted by molar-refractivity contribution is 0.393. The molecule has 0 saturated heterocycles. The zero-order valence-electron chi connectivity index (χ0n) is 10.4. The molecule has 1 N–H and O–H groups in total. The molecule has 0 saturated carbocycles. The van der Waals surface area contributed by atoms with Crippen molar-refractivity contribution in [2.45, 2.75) is 6.42 Å². The minimum atomic E-state index is -0.783. The van der Waals surface area contributed by atoms with Gasteiger partial charge in [0.05, 0.1) is 19.0 Å². The molecule has 1 aliphatic heterocycles. The number of hydrogen-bond acceptors (Lipinski definition) is 6. The molecule has 1 aliphatic rings. The molecular formula is C11H11FN6O. The topological polar surface area (TPSA) is 77.2 Å². The van der Waals surface area contributed by atoms with Crippen LogP contribution in [0.1, 0.15) is 5.69 Å². The van der Waals surface area contributed by atoms with Crippen LogP contribution in [0.3, 0.4) is 0 Å². The lowest BCUT2D eigenvalue weighted by Crippen LogP contribution is -2.01. The number of ether oxygens (including phenoxy) is 1. The van der Waals surface area contributed by atoms with Crippen LogP contribution in [0.4, 0.5) is 21.6 Å². The molecule has 0 radical (unpaired) electrons. The first kappa shape index (κ1) is 11.6. The van der Waals surface area contributed by atoms with Crippen LogP contribution in [0.25, 0.3) is 0 Å². The van der Waals surface area contributed by atoms with Gasteiger partial charge >= 0.3 is 6.08 Å². The van der Waals surface area contributed by atoms with Crippen LogP contribution < -0.4 is 10.1 Å². The van der Waals surface area contributed by atoms with Gasteiger partial charge in [0, 0.05) is 19.7 Å². The molecule has 0 amide bonds. The van der Waals surface area contributed by atoms with Gasteiger partial charge in [0.15, 0.2) is 5.82 Å². The number of halogens is 1. The number of nitrogens with zero attached hydrogens (tertiary/aromatic N) is 5. The monoisotopic (exact) mass is 262 g/mol. The third kappa shape index (κ3) is 2.01. The Kier molecular flexibility index (Phi) is 2.62. The van der Waals surface area contributed by atoms with Crippen molar-refractivity contribution in [3.63, 3.8) is 0 Å². The molecule has 0 fully saturated rings. The van der Waals surface area contributed by atoms with Crippen molar-refractivity contribution in [1.29, 1.82) is 0 Å². The highest BCUT2D eigenvalue weighted by molar-refractivity contribution is 5.82. The van der Waals surface area contributed by atoms with Crippen molar-refractivity contribution in [3.8, 4) is 5.88 Å². The summed E-state index contributed by atoms with van der Waals surface area (Å²) in [6.07, 6.45) is 3.11. The summed E-state index contributed by atoms with van der Waals surface area (Å²) in [5.74, 6) is 0.708. The summed E-state index contributed by atoms with van der Waals surface area (Å²) in [5, 5.41) is 7.07. The fourth-order valence-electron chi connectivity index (χ4n) is 1.89. The number of rotatable bonds is 3. The highest BCUT2D eigenvalue weighted by Gasteiger charge is 2.19. The SMILES string of the molecule is COc1nn(C)cc1Nc1nc(F)nc2c1N=CC2. The smallest absolute Gasteiger partial charge is 0.310 e. The highest BCUT2D eigenvalue weighted by Crippen LogP contribution is 2.34. The van der Waals surface area contributed by atoms with Crippen molar-refractivity contribution in [1.82, 2.24) is 19.7 Å². The molecule has 3 rings (SSSR count). The first-order chi connectivity index (χ1) is 9.17. The molecule has 8 heteroatoms. The second-order valence-electron chi connectivity index (χ2n) is 4.00. The first-order valence-electron chi connectivity index (χ1n) is 5.61. The van der Waals surface area contributed by atoms with E-state index in [9.17, 15) is 4.39 Å².